The van der Waals surface area contributed by atoms with E-state index in [0.29, 0.717) is 37.1 Å². The molecule has 0 aliphatic carbocycles. The molecule has 0 aromatic carbocycles. The minimum Gasteiger partial charge on any atom is -0.356 e. The van der Waals surface area contributed by atoms with E-state index in [2.05, 4.69) is 37.7 Å². The van der Waals surface area contributed by atoms with Crippen molar-refractivity contribution in [1.82, 2.24) is 10.6 Å². The Kier molecular flexibility index (Phi) is 13.5. The Bertz CT molecular complexity index is 309. The molecule has 5 heteroatoms. The fourth-order valence-electron chi connectivity index (χ4n) is 1.98. The zero-order valence-electron chi connectivity index (χ0n) is 14.7. The van der Waals surface area contributed by atoms with Crippen LogP contribution < -0.4 is 10.6 Å². The molecule has 0 rings (SSSR count). The minimum atomic E-state index is 0.114. The van der Waals surface area contributed by atoms with E-state index in [4.69, 9.17) is 0 Å². The van der Waals surface area contributed by atoms with Crippen LogP contribution in [0.25, 0.3) is 0 Å². The fraction of sp³-hybridized carbons (Fsp3) is 0.882. The monoisotopic (exact) mass is 330 g/mol. The Morgan fingerprint density at radius 3 is 2.00 bits per heavy atom. The average Bonchev–Trinajstić information content (AvgIpc) is 2.48. The number of hydrogen-bond acceptors (Lipinski definition) is 3. The molecule has 0 radical (unpaired) electrons. The Morgan fingerprint density at radius 1 is 0.864 bits per heavy atom. The summed E-state index contributed by atoms with van der Waals surface area (Å²) < 4.78 is 0. The predicted octanol–water partition coefficient (Wildman–Crippen LogP) is 3.36. The van der Waals surface area contributed by atoms with Crippen molar-refractivity contribution >= 4 is 23.6 Å². The molecule has 22 heavy (non-hydrogen) atoms. The van der Waals surface area contributed by atoms with Gasteiger partial charge in [-0.25, -0.2) is 0 Å². The topological polar surface area (TPSA) is 58.2 Å². The van der Waals surface area contributed by atoms with E-state index in [1.807, 2.05) is 11.8 Å². The fourth-order valence-corrected chi connectivity index (χ4v) is 2.38. The minimum absolute atomic E-state index is 0.114. The predicted molar refractivity (Wildman–Crippen MR) is 96.2 cm³/mol. The molecule has 1 unspecified atom stereocenters. The molecule has 2 amide bonds. The highest BCUT2D eigenvalue weighted by Crippen LogP contribution is 2.13. The number of nitrogens with one attached hydrogen (secondary N) is 2. The summed E-state index contributed by atoms with van der Waals surface area (Å²) in [6, 6.07) is 0. The number of amides is 2. The van der Waals surface area contributed by atoms with Crippen LogP contribution in [0.2, 0.25) is 0 Å². The molecule has 2 N–H and O–H groups in total. The number of hydrogen-bond donors (Lipinski definition) is 2. The van der Waals surface area contributed by atoms with Crippen molar-refractivity contribution in [2.24, 2.45) is 5.92 Å². The van der Waals surface area contributed by atoms with E-state index in [9.17, 15) is 9.59 Å². The van der Waals surface area contributed by atoms with Crippen LogP contribution in [-0.2, 0) is 9.59 Å². The molecule has 130 valence electrons. The molecule has 0 spiro atoms. The quantitative estimate of drug-likeness (QED) is 0.509. The van der Waals surface area contributed by atoms with E-state index >= 15 is 0 Å². The van der Waals surface area contributed by atoms with Crippen LogP contribution in [0.4, 0.5) is 0 Å². The Balaban J connectivity index is 3.40. The summed E-state index contributed by atoms with van der Waals surface area (Å²) in [7, 11) is 0. The smallest absolute Gasteiger partial charge is 0.220 e. The first-order chi connectivity index (χ1) is 10.5. The van der Waals surface area contributed by atoms with Crippen molar-refractivity contribution in [2.45, 2.75) is 71.0 Å². The lowest BCUT2D eigenvalue weighted by molar-refractivity contribution is -0.121. The van der Waals surface area contributed by atoms with Crippen molar-refractivity contribution in [3.63, 3.8) is 0 Å². The summed E-state index contributed by atoms with van der Waals surface area (Å²) in [4.78, 5) is 23.1. The van der Waals surface area contributed by atoms with Crippen molar-refractivity contribution in [1.29, 1.82) is 0 Å². The second kappa shape index (κ2) is 13.9. The highest BCUT2D eigenvalue weighted by molar-refractivity contribution is 7.99. The normalized spacial score (nSPS) is 12.2. The first kappa shape index (κ1) is 21.3. The summed E-state index contributed by atoms with van der Waals surface area (Å²) in [5.74, 6) is 0.801. The molecule has 0 aliphatic heterocycles. The van der Waals surface area contributed by atoms with Crippen LogP contribution in [0.3, 0.4) is 0 Å². The maximum atomic E-state index is 11.6. The van der Waals surface area contributed by atoms with Gasteiger partial charge in [0.2, 0.25) is 11.8 Å². The largest absolute Gasteiger partial charge is 0.356 e. The van der Waals surface area contributed by atoms with Crippen LogP contribution in [0.15, 0.2) is 0 Å². The van der Waals surface area contributed by atoms with Gasteiger partial charge in [0, 0.05) is 31.2 Å². The standard InChI is InChI=1S/C17H34N2O2S/c1-14(2)10-11-17(21)19-13-7-12-18-16(20)9-6-5-8-15(3)22-4/h14-15H,5-13H2,1-4H3,(H,18,20)(H,19,21). The second-order valence-electron chi connectivity index (χ2n) is 6.28. The van der Waals surface area contributed by atoms with Crippen LogP contribution >= 0.6 is 11.8 Å². The van der Waals surface area contributed by atoms with Crippen LogP contribution in [0.5, 0.6) is 0 Å². The summed E-state index contributed by atoms with van der Waals surface area (Å²) in [6.45, 7) is 7.74. The van der Waals surface area contributed by atoms with Gasteiger partial charge >= 0.3 is 0 Å². The summed E-state index contributed by atoms with van der Waals surface area (Å²) in [5, 5.41) is 6.49. The lowest BCUT2D eigenvalue weighted by Gasteiger charge is -2.09. The van der Waals surface area contributed by atoms with Gasteiger partial charge in [0.25, 0.3) is 0 Å². The SMILES string of the molecule is CSC(C)CCCCC(=O)NCCCNC(=O)CCC(C)C. The lowest BCUT2D eigenvalue weighted by Crippen LogP contribution is -2.29. The number of thioether (sulfide) groups is 1. The highest BCUT2D eigenvalue weighted by Gasteiger charge is 2.04. The molecule has 4 nitrogen and oxygen atoms in total. The van der Waals surface area contributed by atoms with Crippen LogP contribution in [0, 0.1) is 5.92 Å². The third-order valence-electron chi connectivity index (χ3n) is 3.61. The Hall–Kier alpha value is -0.710. The van der Waals surface area contributed by atoms with Crippen LogP contribution in [-0.4, -0.2) is 36.4 Å². The van der Waals surface area contributed by atoms with Crippen molar-refractivity contribution in [2.75, 3.05) is 19.3 Å². The molecule has 0 aromatic heterocycles. The molecule has 0 fully saturated rings. The van der Waals surface area contributed by atoms with Crippen molar-refractivity contribution in [3.05, 3.63) is 0 Å². The Morgan fingerprint density at radius 2 is 1.45 bits per heavy atom. The van der Waals surface area contributed by atoms with Crippen molar-refractivity contribution < 1.29 is 9.59 Å². The summed E-state index contributed by atoms with van der Waals surface area (Å²) in [6.07, 6.45) is 8.31. The molecule has 0 aromatic rings. The van der Waals surface area contributed by atoms with Gasteiger partial charge < -0.3 is 10.6 Å². The maximum Gasteiger partial charge on any atom is 0.220 e. The first-order valence-electron chi connectivity index (χ1n) is 8.51. The van der Waals surface area contributed by atoms with E-state index in [0.717, 1.165) is 25.7 Å². The van der Waals surface area contributed by atoms with Gasteiger partial charge in [-0.1, -0.05) is 27.2 Å². The van der Waals surface area contributed by atoms with Gasteiger partial charge in [0.15, 0.2) is 0 Å². The van der Waals surface area contributed by atoms with Crippen molar-refractivity contribution in [3.8, 4) is 0 Å². The first-order valence-corrected chi connectivity index (χ1v) is 9.80. The lowest BCUT2D eigenvalue weighted by atomic mass is 10.1. The van der Waals surface area contributed by atoms with Crippen LogP contribution in [0.1, 0.15) is 65.7 Å². The van der Waals surface area contributed by atoms with E-state index in [-0.39, 0.29) is 11.8 Å². The number of rotatable bonds is 13. The molecular formula is C17H34N2O2S. The van der Waals surface area contributed by atoms with E-state index < -0.39 is 0 Å². The van der Waals surface area contributed by atoms with E-state index in [1.165, 1.54) is 6.42 Å². The average molecular weight is 331 g/mol. The van der Waals surface area contributed by atoms with Gasteiger partial charge in [0.05, 0.1) is 0 Å². The summed E-state index contributed by atoms with van der Waals surface area (Å²) in [5.41, 5.74) is 0. The summed E-state index contributed by atoms with van der Waals surface area (Å²) >= 11 is 1.88. The van der Waals surface area contributed by atoms with Gasteiger partial charge in [-0.15, -0.1) is 0 Å². The molecular weight excluding hydrogens is 296 g/mol. The molecule has 0 saturated carbocycles. The Labute approximate surface area is 140 Å². The zero-order valence-corrected chi connectivity index (χ0v) is 15.6. The second-order valence-corrected chi connectivity index (χ2v) is 7.55. The van der Waals surface area contributed by atoms with Gasteiger partial charge in [-0.2, -0.15) is 11.8 Å². The zero-order chi connectivity index (χ0) is 16.8. The molecule has 0 bridgehead atoms. The highest BCUT2D eigenvalue weighted by atomic mass is 32.2. The maximum absolute atomic E-state index is 11.6. The van der Waals surface area contributed by atoms with Gasteiger partial charge in [-0.05, 0) is 37.9 Å². The van der Waals surface area contributed by atoms with Gasteiger partial charge in [-0.3, -0.25) is 9.59 Å². The molecule has 0 aliphatic rings. The molecule has 0 saturated heterocycles. The molecule has 1 atom stereocenters. The molecule has 0 heterocycles. The number of carbonyl (C=O) groups is 2. The number of carbonyl (C=O) groups excluding carboxylic acids is 2. The third-order valence-corrected chi connectivity index (χ3v) is 4.65. The van der Waals surface area contributed by atoms with Gasteiger partial charge in [0.1, 0.15) is 0 Å². The number of unbranched alkanes of at least 4 members (excludes halogenated alkanes) is 1. The third kappa shape index (κ3) is 14.2. The van der Waals surface area contributed by atoms with E-state index in [1.54, 1.807) is 0 Å².